The van der Waals surface area contributed by atoms with Gasteiger partial charge in [-0.1, -0.05) is 55.5 Å². The van der Waals surface area contributed by atoms with Crippen LogP contribution in [0, 0.1) is 0 Å². The van der Waals surface area contributed by atoms with Gasteiger partial charge < -0.3 is 4.40 Å². The fourth-order valence-corrected chi connectivity index (χ4v) is 4.86. The molecule has 0 saturated carbocycles. The van der Waals surface area contributed by atoms with Crippen molar-refractivity contribution in [2.24, 2.45) is 0 Å². The first-order chi connectivity index (χ1) is 14.0. The highest BCUT2D eigenvalue weighted by molar-refractivity contribution is 7.90. The van der Waals surface area contributed by atoms with E-state index in [1.54, 1.807) is 36.4 Å². The lowest BCUT2D eigenvalue weighted by Gasteiger charge is -2.07. The first-order valence-corrected chi connectivity index (χ1v) is 11.1. The van der Waals surface area contributed by atoms with Gasteiger partial charge in [0, 0.05) is 17.3 Å². The minimum absolute atomic E-state index is 0.0390. The largest absolute Gasteiger partial charge is 0.313 e. The number of fused-ring (bicyclic) bond motifs is 1. The third-order valence-electron chi connectivity index (χ3n) is 5.11. The summed E-state index contributed by atoms with van der Waals surface area (Å²) in [6, 6.07) is 21.9. The average Bonchev–Trinajstić information content (AvgIpc) is 3.12. The van der Waals surface area contributed by atoms with E-state index in [9.17, 15) is 13.2 Å². The minimum Gasteiger partial charge on any atom is -0.313 e. The van der Waals surface area contributed by atoms with E-state index in [2.05, 4.69) is 6.92 Å². The Morgan fingerprint density at radius 1 is 0.897 bits per heavy atom. The van der Waals surface area contributed by atoms with Crippen molar-refractivity contribution in [1.82, 2.24) is 4.40 Å². The summed E-state index contributed by atoms with van der Waals surface area (Å²) in [5.41, 5.74) is 5.00. The van der Waals surface area contributed by atoms with E-state index in [-0.39, 0.29) is 10.6 Å². The number of nitrogens with zero attached hydrogens (tertiary/aromatic N) is 1. The summed E-state index contributed by atoms with van der Waals surface area (Å²) < 4.78 is 27.3. The molecule has 2 aromatic heterocycles. The Kier molecular flexibility index (Phi) is 5.07. The lowest BCUT2D eigenvalue weighted by atomic mass is 10.1. The van der Waals surface area contributed by atoms with Crippen LogP contribution in [0.15, 0.2) is 83.9 Å². The summed E-state index contributed by atoms with van der Waals surface area (Å²) in [7, 11) is -3.44. The van der Waals surface area contributed by atoms with Crippen LogP contribution in [0.25, 0.3) is 16.6 Å². The van der Waals surface area contributed by atoms with Crippen LogP contribution in [-0.4, -0.2) is 19.1 Å². The Labute approximate surface area is 170 Å². The molecule has 4 aromatic rings. The van der Waals surface area contributed by atoms with Gasteiger partial charge in [0.15, 0.2) is 16.1 Å². The summed E-state index contributed by atoms with van der Waals surface area (Å²) in [5.74, 6) is -0.0390. The number of aryl methyl sites for hydroxylation is 1. The Balaban J connectivity index is 1.70. The lowest BCUT2D eigenvalue weighted by Crippen LogP contribution is -2.04. The maximum absolute atomic E-state index is 12.7. The molecule has 2 aromatic carbocycles. The summed E-state index contributed by atoms with van der Waals surface area (Å²) >= 11 is 0. The van der Waals surface area contributed by atoms with Gasteiger partial charge in [0.2, 0.25) is 0 Å². The molecule has 0 spiro atoms. The average molecular weight is 404 g/mol. The predicted molar refractivity (Wildman–Crippen MR) is 115 cm³/mol. The van der Waals surface area contributed by atoms with Gasteiger partial charge in [-0.2, -0.15) is 0 Å². The lowest BCUT2D eigenvalue weighted by molar-refractivity contribution is 0.111. The van der Waals surface area contributed by atoms with Crippen LogP contribution in [0.5, 0.6) is 0 Å². The van der Waals surface area contributed by atoms with E-state index in [4.69, 9.17) is 0 Å². The fourth-order valence-electron chi connectivity index (χ4n) is 3.51. The fraction of sp³-hybridized carbons (Fsp3) is 0.125. The number of rotatable bonds is 6. The molecule has 0 radical (unpaired) electrons. The molecule has 0 aliphatic carbocycles. The highest BCUT2D eigenvalue weighted by Gasteiger charge is 2.17. The zero-order valence-electron chi connectivity index (χ0n) is 16.1. The number of aldehydes is 1. The second-order valence-corrected chi connectivity index (χ2v) is 9.01. The van der Waals surface area contributed by atoms with Crippen LogP contribution in [-0.2, 0) is 22.0 Å². The summed E-state index contributed by atoms with van der Waals surface area (Å²) in [5, 5.41) is 0. The minimum atomic E-state index is -3.44. The quantitative estimate of drug-likeness (QED) is 0.428. The highest BCUT2D eigenvalue weighted by Crippen LogP contribution is 2.29. The molecular formula is C24H21NO3S. The summed E-state index contributed by atoms with van der Waals surface area (Å²) in [4.78, 5) is 12.1. The van der Waals surface area contributed by atoms with Crippen LogP contribution < -0.4 is 0 Å². The molecule has 0 atom stereocenters. The van der Waals surface area contributed by atoms with Crippen molar-refractivity contribution in [3.05, 3.63) is 95.8 Å². The van der Waals surface area contributed by atoms with Gasteiger partial charge in [0.1, 0.15) is 0 Å². The molecule has 4 rings (SSSR count). The van der Waals surface area contributed by atoms with Crippen molar-refractivity contribution < 1.29 is 13.2 Å². The Bertz CT molecular complexity index is 1270. The molecule has 0 fully saturated rings. The van der Waals surface area contributed by atoms with Crippen molar-refractivity contribution in [2.45, 2.75) is 24.0 Å². The summed E-state index contributed by atoms with van der Waals surface area (Å²) in [6.07, 6.45) is 3.71. The van der Waals surface area contributed by atoms with Crippen LogP contribution in [0.1, 0.15) is 28.5 Å². The molecule has 146 valence electrons. The second-order valence-electron chi connectivity index (χ2n) is 7.02. The molecule has 2 heterocycles. The van der Waals surface area contributed by atoms with Gasteiger partial charge >= 0.3 is 0 Å². The number of carbonyl (C=O) groups excluding carboxylic acids is 1. The number of sulfone groups is 1. The second kappa shape index (κ2) is 7.68. The van der Waals surface area contributed by atoms with Gasteiger partial charge in [0.05, 0.1) is 16.3 Å². The van der Waals surface area contributed by atoms with E-state index < -0.39 is 9.84 Å². The molecule has 0 aliphatic rings. The predicted octanol–water partition coefficient (Wildman–Crippen LogP) is 4.96. The molecule has 0 amide bonds. The van der Waals surface area contributed by atoms with Gasteiger partial charge in [-0.05, 0) is 47.4 Å². The van der Waals surface area contributed by atoms with Crippen molar-refractivity contribution >= 4 is 21.6 Å². The van der Waals surface area contributed by atoms with E-state index in [0.717, 1.165) is 40.5 Å². The van der Waals surface area contributed by atoms with Crippen molar-refractivity contribution in [2.75, 3.05) is 0 Å². The number of carbonyl (C=O) groups is 1. The third kappa shape index (κ3) is 3.74. The summed E-state index contributed by atoms with van der Waals surface area (Å²) in [6.45, 7) is 2.07. The zero-order chi connectivity index (χ0) is 20.4. The van der Waals surface area contributed by atoms with Crippen LogP contribution in [0.4, 0.5) is 0 Å². The van der Waals surface area contributed by atoms with E-state index in [1.807, 2.05) is 47.0 Å². The zero-order valence-corrected chi connectivity index (χ0v) is 16.9. The molecule has 0 saturated heterocycles. The smallest absolute Gasteiger partial charge is 0.182 e. The molecular weight excluding hydrogens is 382 g/mol. The SMILES string of the molecule is CCc1ccc2cc(-c3ccc(S(=O)(=O)Cc4ccccc4)cc3)c(C=O)n2c1. The van der Waals surface area contributed by atoms with Gasteiger partial charge in [-0.25, -0.2) is 8.42 Å². The third-order valence-corrected chi connectivity index (χ3v) is 6.82. The number of benzene rings is 2. The molecule has 0 unspecified atom stereocenters. The Morgan fingerprint density at radius 2 is 1.62 bits per heavy atom. The molecule has 29 heavy (non-hydrogen) atoms. The number of aromatic nitrogens is 1. The van der Waals surface area contributed by atoms with Gasteiger partial charge in [-0.15, -0.1) is 0 Å². The van der Waals surface area contributed by atoms with Crippen molar-refractivity contribution in [3.8, 4) is 11.1 Å². The maximum atomic E-state index is 12.7. The number of hydrogen-bond acceptors (Lipinski definition) is 3. The molecule has 0 aliphatic heterocycles. The molecule has 0 N–H and O–H groups in total. The van der Waals surface area contributed by atoms with Crippen molar-refractivity contribution in [3.63, 3.8) is 0 Å². The van der Waals surface area contributed by atoms with Crippen LogP contribution in [0.3, 0.4) is 0 Å². The van der Waals surface area contributed by atoms with E-state index in [0.29, 0.717) is 5.69 Å². The molecule has 5 heteroatoms. The monoisotopic (exact) mass is 403 g/mol. The first kappa shape index (κ1) is 19.2. The maximum Gasteiger partial charge on any atom is 0.182 e. The van der Waals surface area contributed by atoms with E-state index >= 15 is 0 Å². The van der Waals surface area contributed by atoms with Crippen LogP contribution in [0.2, 0.25) is 0 Å². The standard InChI is InChI=1S/C24H21NO3S/c1-2-18-8-11-21-14-23(24(16-26)25(21)15-18)20-9-12-22(13-10-20)29(27,28)17-19-6-4-3-5-7-19/h3-16H,2,17H2,1H3. The normalized spacial score (nSPS) is 11.6. The highest BCUT2D eigenvalue weighted by atomic mass is 32.2. The van der Waals surface area contributed by atoms with E-state index in [1.165, 1.54) is 0 Å². The number of hydrogen-bond donors (Lipinski definition) is 0. The number of pyridine rings is 1. The van der Waals surface area contributed by atoms with Gasteiger partial charge in [-0.3, -0.25) is 4.79 Å². The first-order valence-electron chi connectivity index (χ1n) is 9.48. The molecule has 0 bridgehead atoms. The Morgan fingerprint density at radius 3 is 2.28 bits per heavy atom. The topological polar surface area (TPSA) is 55.6 Å². The van der Waals surface area contributed by atoms with Gasteiger partial charge in [0.25, 0.3) is 0 Å². The van der Waals surface area contributed by atoms with Crippen molar-refractivity contribution in [1.29, 1.82) is 0 Å². The molecule has 4 nitrogen and oxygen atoms in total. The Hall–Kier alpha value is -3.18. The van der Waals surface area contributed by atoms with Crippen LogP contribution >= 0.6 is 0 Å².